The normalized spacial score (nSPS) is 18.9. The van der Waals surface area contributed by atoms with Crippen LogP contribution in [0.3, 0.4) is 0 Å². The molecule has 1 saturated carbocycles. The molecule has 2 aliphatic carbocycles. The van der Waals surface area contributed by atoms with Crippen LogP contribution >= 0.6 is 0 Å². The lowest BCUT2D eigenvalue weighted by molar-refractivity contribution is 0.0950. The molecule has 3 heterocycles. The Hall–Kier alpha value is -3.39. The number of halogens is 1. The summed E-state index contributed by atoms with van der Waals surface area (Å²) in [6.45, 7) is 3.31. The first kappa shape index (κ1) is 21.2. The lowest BCUT2D eigenvalue weighted by Crippen LogP contribution is -2.31. The van der Waals surface area contributed by atoms with Crippen molar-refractivity contribution in [2.75, 3.05) is 27.2 Å². The molecule has 0 aliphatic heterocycles. The average molecular weight is 459 g/mol. The zero-order chi connectivity index (χ0) is 23.6. The number of fused-ring (bicyclic) bond motifs is 9. The molecule has 7 nitrogen and oxygen atoms in total. The zero-order valence-electron chi connectivity index (χ0n) is 19.6. The Morgan fingerprint density at radius 3 is 2.74 bits per heavy atom. The van der Waals surface area contributed by atoms with Crippen LogP contribution in [-0.2, 0) is 0 Å². The molecule has 1 fully saturated rings. The number of carbonyl (C=O) groups is 1. The third kappa shape index (κ3) is 3.20. The summed E-state index contributed by atoms with van der Waals surface area (Å²) < 4.78 is 15.3. The number of aromatic nitrogens is 4. The fourth-order valence-electron chi connectivity index (χ4n) is 5.80. The molecule has 2 unspecified atom stereocenters. The summed E-state index contributed by atoms with van der Waals surface area (Å²) in [5.74, 6) is 0.303. The van der Waals surface area contributed by atoms with Gasteiger partial charge in [-0.3, -0.25) is 14.9 Å². The van der Waals surface area contributed by atoms with Gasteiger partial charge in [0.1, 0.15) is 5.52 Å². The van der Waals surface area contributed by atoms with Gasteiger partial charge in [-0.2, -0.15) is 5.10 Å². The molecular weight excluding hydrogens is 431 g/mol. The molecule has 6 rings (SSSR count). The minimum Gasteiger partial charge on any atom is -0.351 e. The lowest BCUT2D eigenvalue weighted by atomic mass is 9.86. The molecule has 1 amide bonds. The lowest BCUT2D eigenvalue weighted by Gasteiger charge is -2.21. The topological polar surface area (TPSA) is 86.8 Å². The maximum Gasteiger partial charge on any atom is 0.252 e. The van der Waals surface area contributed by atoms with E-state index in [0.717, 1.165) is 48.0 Å². The molecule has 4 aromatic rings. The van der Waals surface area contributed by atoms with E-state index in [4.69, 9.17) is 4.98 Å². The summed E-state index contributed by atoms with van der Waals surface area (Å²) in [7, 11) is 3.93. The highest BCUT2D eigenvalue weighted by atomic mass is 19.1. The summed E-state index contributed by atoms with van der Waals surface area (Å²) in [6.07, 6.45) is 4.90. The zero-order valence-corrected chi connectivity index (χ0v) is 19.6. The van der Waals surface area contributed by atoms with Crippen molar-refractivity contribution in [1.82, 2.24) is 30.4 Å². The van der Waals surface area contributed by atoms with Crippen molar-refractivity contribution >= 4 is 27.7 Å². The van der Waals surface area contributed by atoms with Crippen molar-refractivity contribution in [3.63, 3.8) is 0 Å². The fourth-order valence-corrected chi connectivity index (χ4v) is 5.80. The maximum absolute atomic E-state index is 15.3. The fraction of sp³-hybridized carbons (Fsp3) is 0.385. The molecular formula is C26H27FN6O. The van der Waals surface area contributed by atoms with Gasteiger partial charge in [-0.1, -0.05) is 0 Å². The predicted molar refractivity (Wildman–Crippen MR) is 130 cm³/mol. The molecule has 2 atom stereocenters. The van der Waals surface area contributed by atoms with Gasteiger partial charge in [0, 0.05) is 41.8 Å². The van der Waals surface area contributed by atoms with Crippen LogP contribution in [0.5, 0.6) is 0 Å². The molecule has 0 radical (unpaired) electrons. The van der Waals surface area contributed by atoms with Gasteiger partial charge in [0.2, 0.25) is 0 Å². The number of likely N-dealkylation sites (N-methyl/N-ethyl adjacent to an activating group) is 1. The first-order chi connectivity index (χ1) is 16.4. The average Bonchev–Trinajstić information content (AvgIpc) is 3.54. The highest BCUT2D eigenvalue weighted by Gasteiger charge is 2.41. The van der Waals surface area contributed by atoms with Gasteiger partial charge in [-0.05, 0) is 75.4 Å². The van der Waals surface area contributed by atoms with Crippen molar-refractivity contribution in [3.05, 3.63) is 52.6 Å². The Kier molecular flexibility index (Phi) is 4.88. The van der Waals surface area contributed by atoms with E-state index in [1.54, 1.807) is 12.3 Å². The van der Waals surface area contributed by atoms with Crippen molar-refractivity contribution in [3.8, 4) is 11.4 Å². The van der Waals surface area contributed by atoms with Crippen LogP contribution in [0.4, 0.5) is 4.39 Å². The van der Waals surface area contributed by atoms with Gasteiger partial charge in [-0.15, -0.1) is 0 Å². The highest BCUT2D eigenvalue weighted by molar-refractivity contribution is 6.10. The van der Waals surface area contributed by atoms with Crippen molar-refractivity contribution in [2.45, 2.75) is 38.0 Å². The van der Waals surface area contributed by atoms with Crippen molar-refractivity contribution in [2.24, 2.45) is 0 Å². The molecule has 174 valence electrons. The Morgan fingerprint density at radius 2 is 2.00 bits per heavy atom. The van der Waals surface area contributed by atoms with E-state index in [0.29, 0.717) is 40.7 Å². The van der Waals surface area contributed by atoms with Gasteiger partial charge in [0.15, 0.2) is 5.82 Å². The van der Waals surface area contributed by atoms with Crippen molar-refractivity contribution < 1.29 is 9.18 Å². The molecule has 2 bridgehead atoms. The number of aryl methyl sites for hydroxylation is 1. The number of hydrogen-bond acceptors (Lipinski definition) is 5. The quantitative estimate of drug-likeness (QED) is 0.466. The van der Waals surface area contributed by atoms with Gasteiger partial charge in [0.05, 0.1) is 22.5 Å². The number of pyridine rings is 2. The van der Waals surface area contributed by atoms with Gasteiger partial charge >= 0.3 is 0 Å². The number of H-pyrrole nitrogens is 1. The SMILES string of the molecule is Cc1[nH]nc2cc(F)c3nc(-c4ccc(C(=O)NCCN(C)C)cn4)c4c(c3c12)C1CCC4C1. The summed E-state index contributed by atoms with van der Waals surface area (Å²) in [5, 5.41) is 12.1. The second-order valence-electron chi connectivity index (χ2n) is 9.81. The number of carbonyl (C=O) groups excluding carboxylic acids is 1. The molecule has 34 heavy (non-hydrogen) atoms. The molecule has 3 aromatic heterocycles. The Balaban J connectivity index is 1.47. The number of aromatic amines is 1. The smallest absolute Gasteiger partial charge is 0.252 e. The van der Waals surface area contributed by atoms with E-state index >= 15 is 4.39 Å². The summed E-state index contributed by atoms with van der Waals surface area (Å²) in [6, 6.07) is 5.07. The van der Waals surface area contributed by atoms with Crippen molar-refractivity contribution in [1.29, 1.82) is 0 Å². The molecule has 2 N–H and O–H groups in total. The Morgan fingerprint density at radius 1 is 1.21 bits per heavy atom. The van der Waals surface area contributed by atoms with Crippen LogP contribution in [0.1, 0.15) is 58.3 Å². The summed E-state index contributed by atoms with van der Waals surface area (Å²) >= 11 is 0. The number of rotatable bonds is 5. The first-order valence-electron chi connectivity index (χ1n) is 11.8. The second kappa shape index (κ2) is 7.84. The second-order valence-corrected chi connectivity index (χ2v) is 9.81. The predicted octanol–water partition coefficient (Wildman–Crippen LogP) is 4.28. The first-order valence-corrected chi connectivity index (χ1v) is 11.8. The number of benzene rings is 1. The maximum atomic E-state index is 15.3. The molecule has 1 aromatic carbocycles. The molecule has 8 heteroatoms. The third-order valence-corrected chi connectivity index (χ3v) is 7.35. The minimum absolute atomic E-state index is 0.152. The number of hydrogen-bond donors (Lipinski definition) is 2. The number of amides is 1. The third-order valence-electron chi connectivity index (χ3n) is 7.35. The minimum atomic E-state index is -0.363. The summed E-state index contributed by atoms with van der Waals surface area (Å²) in [5.41, 5.74) is 6.30. The number of nitrogens with zero attached hydrogens (tertiary/aromatic N) is 4. The standard InChI is InChI=1S/C26H27FN6O/c1-13-20-19(32-31-13)11-17(27)24-23(20)21-14-4-5-15(10-14)22(21)25(30-24)18-7-6-16(12-29-18)26(34)28-8-9-33(2)3/h6-7,11-12,14-15H,4-5,8-10H2,1-3H3,(H,28,34)(H,31,32). The monoisotopic (exact) mass is 458 g/mol. The van der Waals surface area contributed by atoms with Crippen LogP contribution in [-0.4, -0.2) is 58.2 Å². The molecule has 0 saturated heterocycles. The largest absolute Gasteiger partial charge is 0.351 e. The van der Waals surface area contributed by atoms with E-state index in [-0.39, 0.29) is 11.7 Å². The van der Waals surface area contributed by atoms with E-state index in [2.05, 4.69) is 20.5 Å². The van der Waals surface area contributed by atoms with E-state index < -0.39 is 0 Å². The molecule has 0 spiro atoms. The van der Waals surface area contributed by atoms with E-state index in [9.17, 15) is 4.79 Å². The van der Waals surface area contributed by atoms with E-state index in [1.807, 2.05) is 32.0 Å². The van der Waals surface area contributed by atoms with E-state index in [1.165, 1.54) is 17.2 Å². The van der Waals surface area contributed by atoms with Crippen LogP contribution in [0.15, 0.2) is 24.4 Å². The van der Waals surface area contributed by atoms with Crippen LogP contribution in [0.2, 0.25) is 0 Å². The summed E-state index contributed by atoms with van der Waals surface area (Å²) in [4.78, 5) is 24.0. The van der Waals surface area contributed by atoms with Crippen LogP contribution in [0, 0.1) is 12.7 Å². The Labute approximate surface area is 196 Å². The number of nitrogens with one attached hydrogen (secondary N) is 2. The van der Waals surface area contributed by atoms with Gasteiger partial charge in [-0.25, -0.2) is 9.37 Å². The Bertz CT molecular complexity index is 1440. The van der Waals surface area contributed by atoms with Crippen LogP contribution < -0.4 is 5.32 Å². The van der Waals surface area contributed by atoms with Crippen LogP contribution in [0.25, 0.3) is 33.2 Å². The molecule has 2 aliphatic rings. The highest BCUT2D eigenvalue weighted by Crippen LogP contribution is 2.58. The van der Waals surface area contributed by atoms with Gasteiger partial charge in [0.25, 0.3) is 5.91 Å². The van der Waals surface area contributed by atoms with Gasteiger partial charge < -0.3 is 10.2 Å².